The van der Waals surface area contributed by atoms with Crippen LogP contribution < -0.4 is 16.0 Å². The minimum atomic E-state index is -0.573. The topological polar surface area (TPSA) is 99.8 Å². The van der Waals surface area contributed by atoms with Gasteiger partial charge < -0.3 is 15.0 Å². The number of rotatable bonds is 5. The van der Waals surface area contributed by atoms with Crippen molar-refractivity contribution < 1.29 is 19.1 Å². The van der Waals surface area contributed by atoms with E-state index in [1.807, 2.05) is 32.0 Å². The van der Waals surface area contributed by atoms with Gasteiger partial charge in [0.05, 0.1) is 6.61 Å². The smallest absolute Gasteiger partial charge is 0.255 e. The molecule has 28 heavy (non-hydrogen) atoms. The molecule has 3 N–H and O–H groups in total. The maximum absolute atomic E-state index is 12.7. The third-order valence-electron chi connectivity index (χ3n) is 5.50. The maximum Gasteiger partial charge on any atom is 0.255 e. The molecule has 3 aliphatic rings. The molecule has 0 radical (unpaired) electrons. The lowest BCUT2D eigenvalue weighted by molar-refractivity contribution is -0.136. The third-order valence-corrected chi connectivity index (χ3v) is 5.50. The van der Waals surface area contributed by atoms with E-state index in [-0.39, 0.29) is 35.9 Å². The molecular weight excluding hydrogens is 360 g/mol. The molecule has 1 aromatic rings. The molecule has 2 atom stereocenters. The van der Waals surface area contributed by atoms with Gasteiger partial charge in [-0.05, 0) is 37.5 Å². The van der Waals surface area contributed by atoms with Crippen LogP contribution in [0.2, 0.25) is 0 Å². The first-order valence-electron chi connectivity index (χ1n) is 9.71. The first-order valence-corrected chi connectivity index (χ1v) is 9.71. The molecule has 8 nitrogen and oxygen atoms in total. The fourth-order valence-corrected chi connectivity index (χ4v) is 4.12. The lowest BCUT2D eigenvalue weighted by Crippen LogP contribution is -2.52. The Labute approximate surface area is 164 Å². The molecule has 0 spiro atoms. The van der Waals surface area contributed by atoms with Crippen molar-refractivity contribution in [2.45, 2.75) is 57.6 Å². The predicted molar refractivity (Wildman–Crippen MR) is 101 cm³/mol. The number of hydrogen-bond donors (Lipinski definition) is 3. The summed E-state index contributed by atoms with van der Waals surface area (Å²) in [4.78, 5) is 37.8. The molecule has 0 saturated carbocycles. The summed E-state index contributed by atoms with van der Waals surface area (Å²) in [6, 6.07) is 5.50. The molecule has 0 bridgehead atoms. The van der Waals surface area contributed by atoms with Crippen LogP contribution in [-0.4, -0.2) is 53.6 Å². The Bertz CT molecular complexity index is 822. The quantitative estimate of drug-likeness (QED) is 0.628. The summed E-state index contributed by atoms with van der Waals surface area (Å²) >= 11 is 0. The Morgan fingerprint density at radius 1 is 1.29 bits per heavy atom. The summed E-state index contributed by atoms with van der Waals surface area (Å²) < 4.78 is 5.66. The minimum absolute atomic E-state index is 0.140. The second-order valence-corrected chi connectivity index (χ2v) is 8.18. The number of hydrogen-bond acceptors (Lipinski definition) is 6. The van der Waals surface area contributed by atoms with Gasteiger partial charge in [0.15, 0.2) is 0 Å². The average molecular weight is 386 g/mol. The Kier molecular flexibility index (Phi) is 4.95. The van der Waals surface area contributed by atoms with Gasteiger partial charge >= 0.3 is 0 Å². The van der Waals surface area contributed by atoms with Gasteiger partial charge in [0.25, 0.3) is 5.91 Å². The van der Waals surface area contributed by atoms with Gasteiger partial charge in [-0.25, -0.2) is 0 Å². The lowest BCUT2D eigenvalue weighted by atomic mass is 10.0. The fraction of sp³-hybridized carbons (Fsp3) is 0.550. The van der Waals surface area contributed by atoms with Crippen molar-refractivity contribution in [3.8, 4) is 0 Å². The highest BCUT2D eigenvalue weighted by molar-refractivity contribution is 6.05. The normalized spacial score (nSPS) is 26.5. The fourth-order valence-electron chi connectivity index (χ4n) is 4.12. The number of carbonyl (C=O) groups excluding carboxylic acids is 3. The van der Waals surface area contributed by atoms with E-state index in [1.54, 1.807) is 4.90 Å². The number of imide groups is 1. The SMILES string of the molecule is CC1(C)N[C@H](CNCc2ccc3c(c2)CN(C2CCC(=O)NC2=O)C3=O)CO1. The highest BCUT2D eigenvalue weighted by atomic mass is 16.5. The molecule has 0 aliphatic carbocycles. The molecule has 8 heteroatoms. The molecule has 3 amide bonds. The monoisotopic (exact) mass is 386 g/mol. The summed E-state index contributed by atoms with van der Waals surface area (Å²) in [5.41, 5.74) is 2.38. The van der Waals surface area contributed by atoms with Crippen molar-refractivity contribution in [3.05, 3.63) is 34.9 Å². The molecule has 4 rings (SSSR count). The van der Waals surface area contributed by atoms with E-state index < -0.39 is 6.04 Å². The Morgan fingerprint density at radius 3 is 2.82 bits per heavy atom. The van der Waals surface area contributed by atoms with E-state index >= 15 is 0 Å². The van der Waals surface area contributed by atoms with Gasteiger partial charge in [0.2, 0.25) is 11.8 Å². The highest BCUT2D eigenvalue weighted by Gasteiger charge is 2.39. The Hall–Kier alpha value is -2.29. The zero-order chi connectivity index (χ0) is 19.9. The van der Waals surface area contributed by atoms with Crippen LogP contribution in [0.1, 0.15) is 48.2 Å². The van der Waals surface area contributed by atoms with E-state index in [9.17, 15) is 14.4 Å². The molecule has 1 unspecified atom stereocenters. The summed E-state index contributed by atoms with van der Waals surface area (Å²) in [7, 11) is 0. The first kappa shape index (κ1) is 19.0. The van der Waals surface area contributed by atoms with E-state index in [1.165, 1.54) is 0 Å². The van der Waals surface area contributed by atoms with Crippen LogP contribution in [0.4, 0.5) is 0 Å². The van der Waals surface area contributed by atoms with Crippen molar-refractivity contribution >= 4 is 17.7 Å². The highest BCUT2D eigenvalue weighted by Crippen LogP contribution is 2.28. The lowest BCUT2D eigenvalue weighted by Gasteiger charge is -2.29. The molecule has 2 fully saturated rings. The van der Waals surface area contributed by atoms with Crippen molar-refractivity contribution in [2.24, 2.45) is 0 Å². The number of nitrogens with zero attached hydrogens (tertiary/aromatic N) is 1. The maximum atomic E-state index is 12.7. The van der Waals surface area contributed by atoms with Crippen LogP contribution in [0.25, 0.3) is 0 Å². The Balaban J connectivity index is 1.36. The Morgan fingerprint density at radius 2 is 2.11 bits per heavy atom. The number of benzene rings is 1. The van der Waals surface area contributed by atoms with Gasteiger partial charge in [-0.15, -0.1) is 0 Å². The molecule has 1 aromatic carbocycles. The van der Waals surface area contributed by atoms with Gasteiger partial charge in [-0.1, -0.05) is 12.1 Å². The molecular formula is C20H26N4O4. The number of nitrogens with one attached hydrogen (secondary N) is 3. The number of carbonyl (C=O) groups is 3. The van der Waals surface area contributed by atoms with Gasteiger partial charge in [-0.2, -0.15) is 0 Å². The second-order valence-electron chi connectivity index (χ2n) is 8.18. The number of amides is 3. The van der Waals surface area contributed by atoms with Crippen LogP contribution in [-0.2, 0) is 27.4 Å². The van der Waals surface area contributed by atoms with Gasteiger partial charge in [0.1, 0.15) is 11.8 Å². The largest absolute Gasteiger partial charge is 0.360 e. The zero-order valence-electron chi connectivity index (χ0n) is 16.2. The van der Waals surface area contributed by atoms with Crippen LogP contribution in [0.5, 0.6) is 0 Å². The van der Waals surface area contributed by atoms with Crippen LogP contribution in [0, 0.1) is 0 Å². The molecule has 0 aromatic heterocycles. The van der Waals surface area contributed by atoms with E-state index in [0.717, 1.165) is 17.7 Å². The van der Waals surface area contributed by atoms with Gasteiger partial charge in [-0.3, -0.25) is 25.0 Å². The number of ether oxygens (including phenoxy) is 1. The minimum Gasteiger partial charge on any atom is -0.360 e. The molecule has 3 aliphatic heterocycles. The van der Waals surface area contributed by atoms with Crippen LogP contribution >= 0.6 is 0 Å². The van der Waals surface area contributed by atoms with E-state index in [2.05, 4.69) is 16.0 Å². The van der Waals surface area contributed by atoms with Crippen LogP contribution in [0.15, 0.2) is 18.2 Å². The molecule has 2 saturated heterocycles. The van der Waals surface area contributed by atoms with Crippen molar-refractivity contribution in [1.82, 2.24) is 20.9 Å². The number of piperidine rings is 1. The third kappa shape index (κ3) is 3.80. The van der Waals surface area contributed by atoms with E-state index in [0.29, 0.717) is 31.7 Å². The zero-order valence-corrected chi connectivity index (χ0v) is 16.2. The molecule has 150 valence electrons. The van der Waals surface area contributed by atoms with Crippen LogP contribution in [0.3, 0.4) is 0 Å². The average Bonchev–Trinajstić information content (AvgIpc) is 3.14. The number of fused-ring (bicyclic) bond motifs is 1. The van der Waals surface area contributed by atoms with Crippen molar-refractivity contribution in [3.63, 3.8) is 0 Å². The summed E-state index contributed by atoms with van der Waals surface area (Å²) in [6.45, 7) is 6.60. The standard InChI is InChI=1S/C20H26N4O4/c1-20(2)23-14(11-28-20)9-21-8-12-3-4-15-13(7-12)10-24(19(15)27)16-5-6-17(25)22-18(16)26/h3-4,7,14,16,21,23H,5-6,8-11H2,1-2H3,(H,22,25,26)/t14-,16?/m1/s1. The van der Waals surface area contributed by atoms with Crippen molar-refractivity contribution in [2.75, 3.05) is 13.2 Å². The van der Waals surface area contributed by atoms with Gasteiger partial charge in [0, 0.05) is 37.7 Å². The van der Waals surface area contributed by atoms with E-state index in [4.69, 9.17) is 4.74 Å². The first-order chi connectivity index (χ1) is 13.3. The molecule has 3 heterocycles. The summed E-state index contributed by atoms with van der Waals surface area (Å²) in [6.07, 6.45) is 0.646. The predicted octanol–water partition coefficient (Wildman–Crippen LogP) is 0.262. The second kappa shape index (κ2) is 7.27. The summed E-state index contributed by atoms with van der Waals surface area (Å²) in [5, 5.41) is 9.17. The van der Waals surface area contributed by atoms with Crippen molar-refractivity contribution in [1.29, 1.82) is 0 Å². The summed E-state index contributed by atoms with van der Waals surface area (Å²) in [5.74, 6) is -0.795.